The molecule has 2 N–H and O–H groups in total. The summed E-state index contributed by atoms with van der Waals surface area (Å²) in [4.78, 5) is 28.1. The van der Waals surface area contributed by atoms with E-state index in [9.17, 15) is 18.0 Å². The number of piperazine rings is 1. The number of Topliss-reactive ketones (excluding diaryl/α,β-unsaturated/α-hetero) is 1. The summed E-state index contributed by atoms with van der Waals surface area (Å²) >= 11 is 0. The molecule has 1 aliphatic heterocycles. The first kappa shape index (κ1) is 23.5. The molecule has 1 heterocycles. The third-order valence-electron chi connectivity index (χ3n) is 5.10. The zero-order valence-corrected chi connectivity index (χ0v) is 18.1. The van der Waals surface area contributed by atoms with Crippen molar-refractivity contribution in [1.29, 1.82) is 0 Å². The Kier molecular flexibility index (Phi) is 9.22. The van der Waals surface area contributed by atoms with Crippen molar-refractivity contribution in [3.63, 3.8) is 0 Å². The quantitative estimate of drug-likeness (QED) is 0.401. The molecule has 1 amide bonds. The molecule has 0 spiro atoms. The lowest BCUT2D eigenvalue weighted by Gasteiger charge is -2.33. The van der Waals surface area contributed by atoms with Crippen molar-refractivity contribution in [2.45, 2.75) is 31.6 Å². The van der Waals surface area contributed by atoms with Crippen LogP contribution in [-0.2, 0) is 14.8 Å². The van der Waals surface area contributed by atoms with Gasteiger partial charge in [-0.15, -0.1) is 0 Å². The number of benzene rings is 1. The summed E-state index contributed by atoms with van der Waals surface area (Å²) in [5.41, 5.74) is 0.454. The number of sulfonamides is 1. The van der Waals surface area contributed by atoms with E-state index in [-0.39, 0.29) is 29.6 Å². The molecule has 0 bridgehead atoms. The van der Waals surface area contributed by atoms with Gasteiger partial charge in [-0.3, -0.25) is 9.59 Å². The van der Waals surface area contributed by atoms with E-state index in [4.69, 9.17) is 0 Å². The van der Waals surface area contributed by atoms with Gasteiger partial charge < -0.3 is 15.1 Å². The van der Waals surface area contributed by atoms with Crippen LogP contribution in [-0.4, -0.2) is 82.3 Å². The van der Waals surface area contributed by atoms with Gasteiger partial charge in [-0.05, 0) is 38.6 Å². The maximum Gasteiger partial charge on any atom is 0.240 e. The fourth-order valence-corrected chi connectivity index (χ4v) is 4.23. The van der Waals surface area contributed by atoms with Crippen LogP contribution < -0.4 is 10.0 Å². The summed E-state index contributed by atoms with van der Waals surface area (Å²) in [6.45, 7) is 10.6. The highest BCUT2D eigenvalue weighted by atomic mass is 32.2. The van der Waals surface area contributed by atoms with E-state index in [0.717, 1.165) is 45.7 Å². The van der Waals surface area contributed by atoms with E-state index >= 15 is 0 Å². The molecule has 0 aliphatic carbocycles. The second kappa shape index (κ2) is 11.4. The normalized spacial score (nSPS) is 15.9. The Morgan fingerprint density at radius 3 is 2.21 bits per heavy atom. The maximum atomic E-state index is 12.2. The molecular weight excluding hydrogens is 392 g/mol. The number of carbonyl (C=O) groups excluding carboxylic acids is 2. The second-order valence-corrected chi connectivity index (χ2v) is 8.97. The molecule has 0 aromatic heterocycles. The molecule has 1 aromatic carbocycles. The van der Waals surface area contributed by atoms with Crippen molar-refractivity contribution in [3.05, 3.63) is 29.8 Å². The van der Waals surface area contributed by atoms with Crippen LogP contribution in [0.25, 0.3) is 0 Å². The summed E-state index contributed by atoms with van der Waals surface area (Å²) in [6, 6.07) is 5.73. The molecule has 1 aromatic rings. The summed E-state index contributed by atoms with van der Waals surface area (Å²) in [5, 5.41) is 2.84. The van der Waals surface area contributed by atoms with Crippen molar-refractivity contribution >= 4 is 21.7 Å². The number of nitrogens with one attached hydrogen (secondary N) is 2. The zero-order chi connectivity index (χ0) is 21.3. The van der Waals surface area contributed by atoms with Crippen LogP contribution in [0, 0.1) is 0 Å². The van der Waals surface area contributed by atoms with Crippen LogP contribution in [0.1, 0.15) is 37.0 Å². The fourth-order valence-electron chi connectivity index (χ4n) is 3.20. The molecule has 1 aliphatic rings. The van der Waals surface area contributed by atoms with Gasteiger partial charge >= 0.3 is 0 Å². The lowest BCUT2D eigenvalue weighted by molar-refractivity contribution is -0.120. The predicted octanol–water partition coefficient (Wildman–Crippen LogP) is 0.701. The van der Waals surface area contributed by atoms with Crippen molar-refractivity contribution < 1.29 is 18.0 Å². The monoisotopic (exact) mass is 424 g/mol. The SMILES string of the molecule is CCN1CCN(CCCNC(=O)CCNS(=O)(=O)c2ccc(C(C)=O)cc2)CC1. The van der Waals surface area contributed by atoms with Crippen LogP contribution in [0.15, 0.2) is 29.2 Å². The highest BCUT2D eigenvalue weighted by Gasteiger charge is 2.16. The van der Waals surface area contributed by atoms with E-state index in [1.165, 1.54) is 31.2 Å². The zero-order valence-electron chi connectivity index (χ0n) is 17.3. The van der Waals surface area contributed by atoms with E-state index in [2.05, 4.69) is 26.8 Å². The Bertz CT molecular complexity index is 772. The van der Waals surface area contributed by atoms with Crippen LogP contribution >= 0.6 is 0 Å². The predicted molar refractivity (Wildman–Crippen MR) is 112 cm³/mol. The topological polar surface area (TPSA) is 98.8 Å². The van der Waals surface area contributed by atoms with Gasteiger partial charge in [0.1, 0.15) is 0 Å². The molecule has 29 heavy (non-hydrogen) atoms. The number of likely N-dealkylation sites (N-methyl/N-ethyl adjacent to an activating group) is 1. The standard InChI is InChI=1S/C20H32N4O4S/c1-3-23-13-15-24(16-14-23)12-4-10-21-20(26)9-11-22-29(27,28)19-7-5-18(6-8-19)17(2)25/h5-8,22H,3-4,9-16H2,1-2H3,(H,21,26). The van der Waals surface area contributed by atoms with Crippen LogP contribution in [0.4, 0.5) is 0 Å². The third kappa shape index (κ3) is 7.85. The number of rotatable bonds is 11. The molecule has 9 heteroatoms. The third-order valence-corrected chi connectivity index (χ3v) is 6.58. The minimum Gasteiger partial charge on any atom is -0.356 e. The number of carbonyl (C=O) groups is 2. The fraction of sp³-hybridized carbons (Fsp3) is 0.600. The molecule has 0 atom stereocenters. The Hall–Kier alpha value is -1.81. The van der Waals surface area contributed by atoms with Crippen molar-refractivity contribution in [1.82, 2.24) is 19.8 Å². The lowest BCUT2D eigenvalue weighted by atomic mass is 10.2. The van der Waals surface area contributed by atoms with Gasteiger partial charge in [0.2, 0.25) is 15.9 Å². The number of amides is 1. The summed E-state index contributed by atoms with van der Waals surface area (Å²) in [6.07, 6.45) is 0.964. The lowest BCUT2D eigenvalue weighted by Crippen LogP contribution is -2.46. The Balaban J connectivity index is 1.62. The Morgan fingerprint density at radius 1 is 1.00 bits per heavy atom. The maximum absolute atomic E-state index is 12.2. The second-order valence-electron chi connectivity index (χ2n) is 7.21. The van der Waals surface area contributed by atoms with Crippen LogP contribution in [0.3, 0.4) is 0 Å². The number of hydrogen-bond donors (Lipinski definition) is 2. The average Bonchev–Trinajstić information content (AvgIpc) is 2.71. The van der Waals surface area contributed by atoms with E-state index in [0.29, 0.717) is 12.1 Å². The van der Waals surface area contributed by atoms with Crippen molar-refractivity contribution in [2.24, 2.45) is 0 Å². The molecule has 162 valence electrons. The molecule has 8 nitrogen and oxygen atoms in total. The molecule has 2 rings (SSSR count). The number of hydrogen-bond acceptors (Lipinski definition) is 6. The smallest absolute Gasteiger partial charge is 0.240 e. The molecule has 1 fully saturated rings. The van der Waals surface area contributed by atoms with Crippen LogP contribution in [0.5, 0.6) is 0 Å². The molecular formula is C20H32N4O4S. The highest BCUT2D eigenvalue weighted by molar-refractivity contribution is 7.89. The van der Waals surface area contributed by atoms with Gasteiger partial charge in [-0.2, -0.15) is 0 Å². The molecule has 0 radical (unpaired) electrons. The van der Waals surface area contributed by atoms with Crippen molar-refractivity contribution in [3.8, 4) is 0 Å². The van der Waals surface area contributed by atoms with Gasteiger partial charge in [0.25, 0.3) is 0 Å². The summed E-state index contributed by atoms with van der Waals surface area (Å²) in [7, 11) is -3.70. The summed E-state index contributed by atoms with van der Waals surface area (Å²) in [5.74, 6) is -0.294. The molecule has 0 unspecified atom stereocenters. The highest BCUT2D eigenvalue weighted by Crippen LogP contribution is 2.11. The number of nitrogens with zero attached hydrogens (tertiary/aromatic N) is 2. The van der Waals surface area contributed by atoms with Crippen molar-refractivity contribution in [2.75, 3.05) is 52.4 Å². The van der Waals surface area contributed by atoms with Gasteiger partial charge in [0, 0.05) is 51.3 Å². The largest absolute Gasteiger partial charge is 0.356 e. The van der Waals surface area contributed by atoms with E-state index in [1.54, 1.807) is 0 Å². The van der Waals surface area contributed by atoms with Crippen LogP contribution in [0.2, 0.25) is 0 Å². The minimum absolute atomic E-state index is 0.0294. The first-order valence-electron chi connectivity index (χ1n) is 10.1. The molecule has 0 saturated carbocycles. The Morgan fingerprint density at radius 2 is 1.62 bits per heavy atom. The van der Waals surface area contributed by atoms with Gasteiger partial charge in [-0.25, -0.2) is 13.1 Å². The van der Waals surface area contributed by atoms with Gasteiger partial charge in [0.05, 0.1) is 4.90 Å². The van der Waals surface area contributed by atoms with E-state index in [1.807, 2.05) is 0 Å². The summed E-state index contributed by atoms with van der Waals surface area (Å²) < 4.78 is 26.9. The minimum atomic E-state index is -3.70. The first-order valence-corrected chi connectivity index (χ1v) is 11.6. The van der Waals surface area contributed by atoms with Gasteiger partial charge in [-0.1, -0.05) is 19.1 Å². The van der Waals surface area contributed by atoms with E-state index < -0.39 is 10.0 Å². The first-order chi connectivity index (χ1) is 13.8. The van der Waals surface area contributed by atoms with Gasteiger partial charge in [0.15, 0.2) is 5.78 Å². The Labute approximate surface area is 173 Å². The average molecular weight is 425 g/mol. The molecule has 1 saturated heterocycles. The number of ketones is 1.